The van der Waals surface area contributed by atoms with Gasteiger partial charge >= 0.3 is 0 Å². The second kappa shape index (κ2) is 3.45. The largest absolute Gasteiger partial charge is 0.496 e. The fraction of sp³-hybridized carbons (Fsp3) is 0.455. The van der Waals surface area contributed by atoms with Gasteiger partial charge in [-0.05, 0) is 18.9 Å². The monoisotopic (exact) mass is 214 g/mol. The van der Waals surface area contributed by atoms with Crippen molar-refractivity contribution in [1.29, 1.82) is 0 Å². The van der Waals surface area contributed by atoms with Crippen LogP contribution in [0, 0.1) is 0 Å². The van der Waals surface area contributed by atoms with Crippen molar-refractivity contribution in [2.24, 2.45) is 0 Å². The van der Waals surface area contributed by atoms with E-state index in [1.807, 2.05) is 0 Å². The highest BCUT2D eigenvalue weighted by Crippen LogP contribution is 2.49. The zero-order chi connectivity index (χ0) is 11.1. The topological polar surface area (TPSA) is 29.5 Å². The average Bonchev–Trinajstić information content (AvgIpc) is 2.96. The van der Waals surface area contributed by atoms with Crippen molar-refractivity contribution in [3.63, 3.8) is 0 Å². The number of halogens is 2. The molecule has 1 saturated carbocycles. The molecule has 0 atom stereocenters. The van der Waals surface area contributed by atoms with Gasteiger partial charge in [-0.2, -0.15) is 0 Å². The van der Waals surface area contributed by atoms with Crippen LogP contribution >= 0.6 is 0 Å². The summed E-state index contributed by atoms with van der Waals surface area (Å²) in [6.07, 6.45) is -1.18. The lowest BCUT2D eigenvalue weighted by Gasteiger charge is -2.14. The Labute approximate surface area is 86.5 Å². The van der Waals surface area contributed by atoms with Crippen molar-refractivity contribution in [3.05, 3.63) is 29.3 Å². The summed E-state index contributed by atoms with van der Waals surface area (Å²) in [5, 5.41) is 9.87. The van der Waals surface area contributed by atoms with Crippen molar-refractivity contribution >= 4 is 0 Å². The number of rotatable bonds is 3. The predicted molar refractivity (Wildman–Crippen MR) is 51.1 cm³/mol. The Balaban J connectivity index is 2.40. The number of hydrogen-bond donors (Lipinski definition) is 1. The van der Waals surface area contributed by atoms with Crippen LogP contribution in [0.5, 0.6) is 5.75 Å². The van der Waals surface area contributed by atoms with E-state index in [9.17, 15) is 13.9 Å². The molecule has 0 radical (unpaired) electrons. The maximum Gasteiger partial charge on any atom is 0.263 e. The molecule has 4 heteroatoms. The first kappa shape index (κ1) is 10.4. The van der Waals surface area contributed by atoms with Gasteiger partial charge < -0.3 is 9.84 Å². The summed E-state index contributed by atoms with van der Waals surface area (Å²) in [6, 6.07) is 4.14. The molecule has 1 aliphatic carbocycles. The lowest BCUT2D eigenvalue weighted by atomic mass is 10.0. The molecular weight excluding hydrogens is 202 g/mol. The van der Waals surface area contributed by atoms with Gasteiger partial charge in [0.25, 0.3) is 6.43 Å². The summed E-state index contributed by atoms with van der Waals surface area (Å²) in [7, 11) is 1.42. The number of aliphatic hydroxyl groups is 1. The fourth-order valence-electron chi connectivity index (χ4n) is 1.62. The van der Waals surface area contributed by atoms with Gasteiger partial charge in [-0.3, -0.25) is 0 Å². The third kappa shape index (κ3) is 1.81. The molecule has 15 heavy (non-hydrogen) atoms. The van der Waals surface area contributed by atoms with Crippen LogP contribution in [-0.4, -0.2) is 12.2 Å². The van der Waals surface area contributed by atoms with Crippen LogP contribution in [0.15, 0.2) is 18.2 Å². The van der Waals surface area contributed by atoms with Crippen LogP contribution in [0.1, 0.15) is 30.4 Å². The van der Waals surface area contributed by atoms with Gasteiger partial charge in [-0.25, -0.2) is 8.78 Å². The first-order valence-electron chi connectivity index (χ1n) is 4.76. The number of hydrogen-bond acceptors (Lipinski definition) is 2. The molecule has 0 unspecified atom stereocenters. The second-order valence-corrected chi connectivity index (χ2v) is 3.79. The fourth-order valence-corrected chi connectivity index (χ4v) is 1.62. The molecule has 1 N–H and O–H groups in total. The van der Waals surface area contributed by atoms with Crippen molar-refractivity contribution in [2.75, 3.05) is 7.11 Å². The van der Waals surface area contributed by atoms with Crippen LogP contribution < -0.4 is 4.74 Å². The summed E-state index contributed by atoms with van der Waals surface area (Å²) < 4.78 is 29.8. The van der Waals surface area contributed by atoms with Crippen molar-refractivity contribution in [2.45, 2.75) is 24.9 Å². The zero-order valence-electron chi connectivity index (χ0n) is 8.34. The third-order valence-corrected chi connectivity index (χ3v) is 2.70. The first-order chi connectivity index (χ1) is 7.07. The highest BCUT2D eigenvalue weighted by molar-refractivity contribution is 5.43. The summed E-state index contributed by atoms with van der Waals surface area (Å²) in [5.74, 6) is 0.341. The maximum atomic E-state index is 12.4. The molecule has 0 aliphatic heterocycles. The van der Waals surface area contributed by atoms with Crippen LogP contribution in [0.3, 0.4) is 0 Å². The predicted octanol–water partition coefficient (Wildman–Crippen LogP) is 2.61. The minimum absolute atomic E-state index is 0.0835. The van der Waals surface area contributed by atoms with E-state index in [4.69, 9.17) is 4.74 Å². The van der Waals surface area contributed by atoms with Gasteiger partial charge in [0.1, 0.15) is 5.75 Å². The van der Waals surface area contributed by atoms with E-state index >= 15 is 0 Å². The Morgan fingerprint density at radius 2 is 2.07 bits per heavy atom. The molecule has 0 bridgehead atoms. The smallest absolute Gasteiger partial charge is 0.263 e. The molecule has 0 spiro atoms. The first-order valence-corrected chi connectivity index (χ1v) is 4.76. The molecule has 2 nitrogen and oxygen atoms in total. The average molecular weight is 214 g/mol. The highest BCUT2D eigenvalue weighted by atomic mass is 19.3. The summed E-state index contributed by atoms with van der Waals surface area (Å²) >= 11 is 0. The Morgan fingerprint density at radius 1 is 1.40 bits per heavy atom. The Bertz CT molecular complexity index is 373. The van der Waals surface area contributed by atoms with Gasteiger partial charge in [0.2, 0.25) is 0 Å². The van der Waals surface area contributed by atoms with Gasteiger partial charge in [0.05, 0.1) is 12.7 Å². The quantitative estimate of drug-likeness (QED) is 0.838. The number of ether oxygens (including phenoxy) is 1. The number of benzene rings is 1. The summed E-state index contributed by atoms with van der Waals surface area (Å²) in [6.45, 7) is 0. The molecule has 1 aliphatic rings. The van der Waals surface area contributed by atoms with Crippen molar-refractivity contribution < 1.29 is 18.6 Å². The maximum absolute atomic E-state index is 12.4. The van der Waals surface area contributed by atoms with Crippen molar-refractivity contribution in [3.8, 4) is 5.75 Å². The Morgan fingerprint density at radius 3 is 2.53 bits per heavy atom. The van der Waals surface area contributed by atoms with Gasteiger partial charge in [-0.1, -0.05) is 12.1 Å². The summed E-state index contributed by atoms with van der Waals surface area (Å²) in [5.41, 5.74) is -0.333. The van der Waals surface area contributed by atoms with E-state index in [2.05, 4.69) is 0 Å². The third-order valence-electron chi connectivity index (χ3n) is 2.70. The SMILES string of the molecule is COc1cc(C(F)F)ccc1C1(O)CC1. The van der Waals surface area contributed by atoms with Crippen LogP contribution in [0.2, 0.25) is 0 Å². The Kier molecular flexibility index (Phi) is 2.38. The van der Waals surface area contributed by atoms with E-state index < -0.39 is 12.0 Å². The Hall–Kier alpha value is -1.16. The van der Waals surface area contributed by atoms with E-state index in [-0.39, 0.29) is 5.56 Å². The van der Waals surface area contributed by atoms with Crippen LogP contribution in [0.25, 0.3) is 0 Å². The van der Waals surface area contributed by atoms with E-state index in [1.165, 1.54) is 25.3 Å². The molecule has 0 saturated heterocycles. The molecule has 2 rings (SSSR count). The normalized spacial score (nSPS) is 17.9. The van der Waals surface area contributed by atoms with Gasteiger partial charge in [0.15, 0.2) is 0 Å². The lowest BCUT2D eigenvalue weighted by Crippen LogP contribution is -2.07. The molecular formula is C11H12F2O2. The molecule has 1 fully saturated rings. The van der Waals surface area contributed by atoms with Crippen molar-refractivity contribution in [1.82, 2.24) is 0 Å². The molecule has 1 aromatic rings. The van der Waals surface area contributed by atoms with E-state index in [0.29, 0.717) is 24.2 Å². The van der Waals surface area contributed by atoms with E-state index in [0.717, 1.165) is 0 Å². The minimum atomic E-state index is -2.51. The molecule has 0 amide bonds. The number of methoxy groups -OCH3 is 1. The molecule has 82 valence electrons. The minimum Gasteiger partial charge on any atom is -0.496 e. The highest BCUT2D eigenvalue weighted by Gasteiger charge is 2.44. The second-order valence-electron chi connectivity index (χ2n) is 3.79. The molecule has 1 aromatic carbocycles. The lowest BCUT2D eigenvalue weighted by molar-refractivity contribution is 0.143. The van der Waals surface area contributed by atoms with Gasteiger partial charge in [0, 0.05) is 11.1 Å². The zero-order valence-corrected chi connectivity index (χ0v) is 8.34. The van der Waals surface area contributed by atoms with Gasteiger partial charge in [-0.15, -0.1) is 0 Å². The summed E-state index contributed by atoms with van der Waals surface area (Å²) in [4.78, 5) is 0. The van der Waals surface area contributed by atoms with E-state index in [1.54, 1.807) is 0 Å². The number of alkyl halides is 2. The van der Waals surface area contributed by atoms with Crippen LogP contribution in [-0.2, 0) is 5.60 Å². The standard InChI is InChI=1S/C11H12F2O2/c1-15-9-6-7(10(12)13)2-3-8(9)11(14)4-5-11/h2-3,6,10,14H,4-5H2,1H3. The van der Waals surface area contributed by atoms with Crippen LogP contribution in [0.4, 0.5) is 8.78 Å². The molecule has 0 heterocycles. The molecule has 0 aromatic heterocycles.